The van der Waals surface area contributed by atoms with Crippen LogP contribution in [0.15, 0.2) is 46.9 Å². The zero-order valence-electron chi connectivity index (χ0n) is 11.4. The number of amides is 1. The fourth-order valence-corrected chi connectivity index (χ4v) is 2.80. The van der Waals surface area contributed by atoms with Gasteiger partial charge in [-0.1, -0.05) is 27.5 Å². The van der Waals surface area contributed by atoms with Gasteiger partial charge in [0.2, 0.25) is 10.0 Å². The summed E-state index contributed by atoms with van der Waals surface area (Å²) in [6.45, 7) is 0. The van der Waals surface area contributed by atoms with Gasteiger partial charge in [-0.3, -0.25) is 9.52 Å². The van der Waals surface area contributed by atoms with Crippen LogP contribution in [0.25, 0.3) is 0 Å². The van der Waals surface area contributed by atoms with Crippen molar-refractivity contribution in [3.8, 4) is 0 Å². The quantitative estimate of drug-likeness (QED) is 0.817. The lowest BCUT2D eigenvalue weighted by Gasteiger charge is -2.09. The molecule has 0 aliphatic carbocycles. The van der Waals surface area contributed by atoms with Gasteiger partial charge in [-0.05, 0) is 42.5 Å². The summed E-state index contributed by atoms with van der Waals surface area (Å²) in [4.78, 5) is 12.1. The summed E-state index contributed by atoms with van der Waals surface area (Å²) in [5.74, 6) is -0.338. The van der Waals surface area contributed by atoms with E-state index in [1.807, 2.05) is 12.1 Å². The summed E-state index contributed by atoms with van der Waals surface area (Å²) < 4.78 is 25.6. The van der Waals surface area contributed by atoms with Crippen molar-refractivity contribution in [2.75, 3.05) is 16.3 Å². The third-order valence-electron chi connectivity index (χ3n) is 2.63. The van der Waals surface area contributed by atoms with E-state index in [-0.39, 0.29) is 16.6 Å². The molecule has 2 N–H and O–H groups in total. The Labute approximate surface area is 141 Å². The molecule has 0 atom stereocenters. The summed E-state index contributed by atoms with van der Waals surface area (Å²) in [7, 11) is -3.42. The molecule has 2 rings (SSSR count). The molecule has 5 nitrogen and oxygen atoms in total. The lowest BCUT2D eigenvalue weighted by atomic mass is 10.2. The van der Waals surface area contributed by atoms with Gasteiger partial charge >= 0.3 is 0 Å². The molecule has 8 heteroatoms. The highest BCUT2D eigenvalue weighted by atomic mass is 79.9. The van der Waals surface area contributed by atoms with Crippen LogP contribution in [0.2, 0.25) is 5.02 Å². The molecule has 22 heavy (non-hydrogen) atoms. The van der Waals surface area contributed by atoms with E-state index in [9.17, 15) is 13.2 Å². The zero-order chi connectivity index (χ0) is 16.3. The highest BCUT2D eigenvalue weighted by molar-refractivity contribution is 9.10. The number of rotatable bonds is 4. The van der Waals surface area contributed by atoms with Crippen molar-refractivity contribution in [1.82, 2.24) is 0 Å². The molecule has 0 aromatic heterocycles. The van der Waals surface area contributed by atoms with Crippen LogP contribution in [0.5, 0.6) is 0 Å². The SMILES string of the molecule is CS(=O)(=O)Nc1ccc(C(=O)Nc2ccc(Br)cc2)cc1Cl. The van der Waals surface area contributed by atoms with E-state index in [2.05, 4.69) is 26.0 Å². The molecule has 2 aromatic carbocycles. The highest BCUT2D eigenvalue weighted by Gasteiger charge is 2.11. The molecule has 0 fully saturated rings. The number of nitrogens with one attached hydrogen (secondary N) is 2. The maximum Gasteiger partial charge on any atom is 0.255 e. The second-order valence-electron chi connectivity index (χ2n) is 4.53. The van der Waals surface area contributed by atoms with Gasteiger partial charge in [-0.25, -0.2) is 8.42 Å². The maximum absolute atomic E-state index is 12.1. The van der Waals surface area contributed by atoms with Gasteiger partial charge in [-0.2, -0.15) is 0 Å². The topological polar surface area (TPSA) is 75.3 Å². The molecule has 0 unspecified atom stereocenters. The van der Waals surface area contributed by atoms with Crippen molar-refractivity contribution in [3.05, 3.63) is 57.5 Å². The summed E-state index contributed by atoms with van der Waals surface area (Å²) in [6.07, 6.45) is 1.03. The van der Waals surface area contributed by atoms with Crippen molar-refractivity contribution in [2.24, 2.45) is 0 Å². The van der Waals surface area contributed by atoms with Gasteiger partial charge in [0.05, 0.1) is 17.0 Å². The fraction of sp³-hybridized carbons (Fsp3) is 0.0714. The molecular formula is C14H12BrClN2O3S. The largest absolute Gasteiger partial charge is 0.322 e. The van der Waals surface area contributed by atoms with E-state index in [4.69, 9.17) is 11.6 Å². The molecule has 0 radical (unpaired) electrons. The van der Waals surface area contributed by atoms with Crippen LogP contribution in [-0.2, 0) is 10.0 Å². The minimum absolute atomic E-state index is 0.147. The number of carbonyl (C=O) groups is 1. The van der Waals surface area contributed by atoms with Crippen molar-refractivity contribution in [2.45, 2.75) is 0 Å². The number of hydrogen-bond donors (Lipinski definition) is 2. The van der Waals surface area contributed by atoms with Crippen LogP contribution in [0, 0.1) is 0 Å². The first-order valence-corrected chi connectivity index (χ1v) is 9.15. The predicted molar refractivity (Wildman–Crippen MR) is 92.0 cm³/mol. The Morgan fingerprint density at radius 2 is 1.77 bits per heavy atom. The van der Waals surface area contributed by atoms with Gasteiger partial charge in [0, 0.05) is 15.7 Å². The zero-order valence-corrected chi connectivity index (χ0v) is 14.6. The van der Waals surface area contributed by atoms with Gasteiger partial charge in [0.25, 0.3) is 5.91 Å². The Balaban J connectivity index is 2.17. The number of carbonyl (C=O) groups excluding carboxylic acids is 1. The smallest absolute Gasteiger partial charge is 0.255 e. The van der Waals surface area contributed by atoms with Crippen LogP contribution >= 0.6 is 27.5 Å². The maximum atomic E-state index is 12.1. The first-order chi connectivity index (χ1) is 10.2. The predicted octanol–water partition coefficient (Wildman–Crippen LogP) is 3.73. The van der Waals surface area contributed by atoms with E-state index in [1.54, 1.807) is 12.1 Å². The number of hydrogen-bond acceptors (Lipinski definition) is 3. The van der Waals surface area contributed by atoms with Gasteiger partial charge in [0.15, 0.2) is 0 Å². The van der Waals surface area contributed by atoms with Crippen molar-refractivity contribution in [3.63, 3.8) is 0 Å². The summed E-state index contributed by atoms with van der Waals surface area (Å²) in [6, 6.07) is 11.5. The second-order valence-corrected chi connectivity index (χ2v) is 7.60. The standard InChI is InChI=1S/C14H12BrClN2O3S/c1-22(20,21)18-13-7-2-9(8-12(13)16)14(19)17-11-5-3-10(15)4-6-11/h2-8,18H,1H3,(H,17,19). The molecule has 0 bridgehead atoms. The first kappa shape index (κ1) is 16.8. The van der Waals surface area contributed by atoms with Gasteiger partial charge in [0.1, 0.15) is 0 Å². The van der Waals surface area contributed by atoms with Crippen molar-refractivity contribution < 1.29 is 13.2 Å². The molecule has 0 aliphatic heterocycles. The number of anilines is 2. The van der Waals surface area contributed by atoms with E-state index in [0.29, 0.717) is 11.3 Å². The average molecular weight is 404 g/mol. The van der Waals surface area contributed by atoms with Crippen molar-refractivity contribution >= 4 is 54.8 Å². The molecule has 116 valence electrons. The molecule has 0 saturated carbocycles. The van der Waals surface area contributed by atoms with E-state index in [1.165, 1.54) is 18.2 Å². The van der Waals surface area contributed by atoms with Crippen LogP contribution in [0.1, 0.15) is 10.4 Å². The van der Waals surface area contributed by atoms with Crippen LogP contribution in [0.3, 0.4) is 0 Å². The number of sulfonamides is 1. The fourth-order valence-electron chi connectivity index (χ4n) is 1.68. The van der Waals surface area contributed by atoms with Gasteiger partial charge < -0.3 is 5.32 Å². The highest BCUT2D eigenvalue weighted by Crippen LogP contribution is 2.24. The molecule has 0 aliphatic rings. The Kier molecular flexibility index (Phi) is 5.10. The summed E-state index contributed by atoms with van der Waals surface area (Å²) in [5.41, 5.74) is 1.19. The molecule has 0 spiro atoms. The monoisotopic (exact) mass is 402 g/mol. The third-order valence-corrected chi connectivity index (χ3v) is 4.06. The van der Waals surface area contributed by atoms with Crippen molar-refractivity contribution in [1.29, 1.82) is 0 Å². The summed E-state index contributed by atoms with van der Waals surface area (Å²) >= 11 is 9.30. The van der Waals surface area contributed by atoms with E-state index < -0.39 is 10.0 Å². The minimum Gasteiger partial charge on any atom is -0.322 e. The lowest BCUT2D eigenvalue weighted by molar-refractivity contribution is 0.102. The lowest BCUT2D eigenvalue weighted by Crippen LogP contribution is -2.13. The Hall–Kier alpha value is -1.57. The summed E-state index contributed by atoms with van der Waals surface area (Å²) in [5, 5.41) is 2.87. The average Bonchev–Trinajstić information content (AvgIpc) is 2.42. The Bertz CT molecular complexity index is 807. The number of halogens is 2. The third kappa shape index (κ3) is 4.72. The minimum atomic E-state index is -3.42. The van der Waals surface area contributed by atoms with E-state index in [0.717, 1.165) is 10.7 Å². The molecule has 0 heterocycles. The molecular weight excluding hydrogens is 392 g/mol. The first-order valence-electron chi connectivity index (χ1n) is 6.09. The van der Waals surface area contributed by atoms with Gasteiger partial charge in [-0.15, -0.1) is 0 Å². The molecule has 0 saturated heterocycles. The van der Waals surface area contributed by atoms with E-state index >= 15 is 0 Å². The second kappa shape index (κ2) is 6.68. The van der Waals surface area contributed by atoms with Crippen LogP contribution in [-0.4, -0.2) is 20.6 Å². The number of benzene rings is 2. The Morgan fingerprint density at radius 1 is 1.14 bits per heavy atom. The molecule has 1 amide bonds. The van der Waals surface area contributed by atoms with Crippen LogP contribution < -0.4 is 10.0 Å². The molecule has 2 aromatic rings. The van der Waals surface area contributed by atoms with Crippen LogP contribution in [0.4, 0.5) is 11.4 Å². The normalized spacial score (nSPS) is 11.0. The Morgan fingerprint density at radius 3 is 2.32 bits per heavy atom.